The van der Waals surface area contributed by atoms with Crippen LogP contribution in [0.3, 0.4) is 0 Å². The molecule has 118 valence electrons. The minimum atomic E-state index is 0.305. The first-order chi connectivity index (χ1) is 9.80. The number of hydrogen-bond acceptors (Lipinski definition) is 3. The molecule has 1 unspecified atom stereocenters. The van der Waals surface area contributed by atoms with Gasteiger partial charge in [-0.1, -0.05) is 26.2 Å². The largest absolute Gasteiger partial charge is 0.329 e. The molecule has 0 amide bonds. The van der Waals surface area contributed by atoms with E-state index < -0.39 is 0 Å². The molecule has 2 aliphatic heterocycles. The lowest BCUT2D eigenvalue weighted by Crippen LogP contribution is -2.55. The molecular formula is C17H35N3. The molecule has 3 nitrogen and oxygen atoms in total. The van der Waals surface area contributed by atoms with E-state index in [0.29, 0.717) is 5.54 Å². The Labute approximate surface area is 125 Å². The van der Waals surface area contributed by atoms with Crippen LogP contribution in [0.1, 0.15) is 64.7 Å². The lowest BCUT2D eigenvalue weighted by atomic mass is 9.87. The van der Waals surface area contributed by atoms with E-state index in [0.717, 1.165) is 6.54 Å². The van der Waals surface area contributed by atoms with Crippen LogP contribution >= 0.6 is 0 Å². The van der Waals surface area contributed by atoms with Crippen LogP contribution in [0.5, 0.6) is 0 Å². The van der Waals surface area contributed by atoms with E-state index in [1.54, 1.807) is 0 Å². The second kappa shape index (κ2) is 8.35. The molecule has 0 aromatic heterocycles. The fourth-order valence-corrected chi connectivity index (χ4v) is 4.15. The zero-order chi connectivity index (χ0) is 14.3. The summed E-state index contributed by atoms with van der Waals surface area (Å²) in [7, 11) is 0. The van der Waals surface area contributed by atoms with Crippen LogP contribution in [0, 0.1) is 0 Å². The van der Waals surface area contributed by atoms with Crippen LogP contribution in [-0.4, -0.2) is 54.6 Å². The summed E-state index contributed by atoms with van der Waals surface area (Å²) in [5, 5.41) is 0. The number of hydrogen-bond donors (Lipinski definition) is 1. The second-order valence-corrected chi connectivity index (χ2v) is 6.88. The summed E-state index contributed by atoms with van der Waals surface area (Å²) in [6, 6.07) is 0. The SMILES string of the molecule is CCCN1CCCC(CN)(N2CCCCCCC2)CC1. The van der Waals surface area contributed by atoms with Gasteiger partial charge in [0.05, 0.1) is 0 Å². The number of nitrogens with zero attached hydrogens (tertiary/aromatic N) is 2. The second-order valence-electron chi connectivity index (χ2n) is 6.88. The van der Waals surface area contributed by atoms with Gasteiger partial charge in [0.1, 0.15) is 0 Å². The van der Waals surface area contributed by atoms with Gasteiger partial charge in [-0.2, -0.15) is 0 Å². The van der Waals surface area contributed by atoms with Gasteiger partial charge in [0.25, 0.3) is 0 Å². The predicted octanol–water partition coefficient (Wildman–Crippen LogP) is 2.85. The van der Waals surface area contributed by atoms with Crippen molar-refractivity contribution in [3.05, 3.63) is 0 Å². The molecule has 2 N–H and O–H groups in total. The van der Waals surface area contributed by atoms with Gasteiger partial charge in [0.2, 0.25) is 0 Å². The van der Waals surface area contributed by atoms with Crippen LogP contribution in [0.4, 0.5) is 0 Å². The van der Waals surface area contributed by atoms with Gasteiger partial charge in [-0.15, -0.1) is 0 Å². The maximum absolute atomic E-state index is 6.29. The highest BCUT2D eigenvalue weighted by atomic mass is 15.2. The Morgan fingerprint density at radius 2 is 1.55 bits per heavy atom. The van der Waals surface area contributed by atoms with Crippen molar-refractivity contribution in [3.8, 4) is 0 Å². The van der Waals surface area contributed by atoms with Gasteiger partial charge in [-0.3, -0.25) is 4.90 Å². The number of rotatable bonds is 4. The maximum atomic E-state index is 6.29. The lowest BCUT2D eigenvalue weighted by Gasteiger charge is -2.44. The van der Waals surface area contributed by atoms with Crippen LogP contribution in [0.2, 0.25) is 0 Å². The molecule has 0 aromatic carbocycles. The van der Waals surface area contributed by atoms with E-state index in [9.17, 15) is 0 Å². The summed E-state index contributed by atoms with van der Waals surface area (Å²) < 4.78 is 0. The van der Waals surface area contributed by atoms with Crippen molar-refractivity contribution in [1.82, 2.24) is 9.80 Å². The van der Waals surface area contributed by atoms with E-state index in [-0.39, 0.29) is 0 Å². The van der Waals surface area contributed by atoms with E-state index in [2.05, 4.69) is 16.7 Å². The molecule has 2 fully saturated rings. The first-order valence-electron chi connectivity index (χ1n) is 8.98. The first-order valence-corrected chi connectivity index (χ1v) is 8.98. The van der Waals surface area contributed by atoms with Gasteiger partial charge in [0.15, 0.2) is 0 Å². The summed E-state index contributed by atoms with van der Waals surface area (Å²) in [6.45, 7) is 9.51. The van der Waals surface area contributed by atoms with Crippen LogP contribution < -0.4 is 5.73 Å². The van der Waals surface area contributed by atoms with Crippen molar-refractivity contribution in [3.63, 3.8) is 0 Å². The normalized spacial score (nSPS) is 31.5. The van der Waals surface area contributed by atoms with Crippen molar-refractivity contribution in [2.24, 2.45) is 5.73 Å². The minimum absolute atomic E-state index is 0.305. The summed E-state index contributed by atoms with van der Waals surface area (Å²) >= 11 is 0. The molecular weight excluding hydrogens is 246 g/mol. The zero-order valence-corrected chi connectivity index (χ0v) is 13.6. The lowest BCUT2D eigenvalue weighted by molar-refractivity contribution is 0.0691. The Hall–Kier alpha value is -0.120. The van der Waals surface area contributed by atoms with Crippen molar-refractivity contribution in [1.29, 1.82) is 0 Å². The van der Waals surface area contributed by atoms with Gasteiger partial charge in [-0.05, 0) is 71.2 Å². The summed E-state index contributed by atoms with van der Waals surface area (Å²) in [4.78, 5) is 5.43. The van der Waals surface area contributed by atoms with Gasteiger partial charge >= 0.3 is 0 Å². The van der Waals surface area contributed by atoms with E-state index in [4.69, 9.17) is 5.73 Å². The van der Waals surface area contributed by atoms with Crippen LogP contribution in [-0.2, 0) is 0 Å². The van der Waals surface area contributed by atoms with Crippen molar-refractivity contribution >= 4 is 0 Å². The highest BCUT2D eigenvalue weighted by Crippen LogP contribution is 2.30. The highest BCUT2D eigenvalue weighted by molar-refractivity contribution is 4.95. The standard InChI is InChI=1S/C17H35N3/c1-2-11-19-12-8-9-17(16-18,10-15-19)20-13-6-4-3-5-7-14-20/h2-16,18H2,1H3. The molecule has 0 aromatic rings. The van der Waals surface area contributed by atoms with E-state index in [1.165, 1.54) is 90.5 Å². The molecule has 2 rings (SSSR count). The van der Waals surface area contributed by atoms with E-state index in [1.807, 2.05) is 0 Å². The molecule has 20 heavy (non-hydrogen) atoms. The number of likely N-dealkylation sites (tertiary alicyclic amines) is 2. The van der Waals surface area contributed by atoms with Crippen molar-refractivity contribution < 1.29 is 0 Å². The highest BCUT2D eigenvalue weighted by Gasteiger charge is 2.36. The Balaban J connectivity index is 1.99. The molecule has 0 spiro atoms. The molecule has 0 saturated carbocycles. The minimum Gasteiger partial charge on any atom is -0.329 e. The quantitative estimate of drug-likeness (QED) is 0.860. The Morgan fingerprint density at radius 1 is 0.850 bits per heavy atom. The molecule has 1 atom stereocenters. The van der Waals surface area contributed by atoms with Crippen LogP contribution in [0.25, 0.3) is 0 Å². The van der Waals surface area contributed by atoms with Gasteiger partial charge in [-0.25, -0.2) is 0 Å². The number of nitrogens with two attached hydrogens (primary N) is 1. The molecule has 0 radical (unpaired) electrons. The third-order valence-corrected chi connectivity index (χ3v) is 5.46. The van der Waals surface area contributed by atoms with Gasteiger partial charge < -0.3 is 10.6 Å². The molecule has 2 saturated heterocycles. The van der Waals surface area contributed by atoms with Crippen LogP contribution in [0.15, 0.2) is 0 Å². The Bertz CT molecular complexity index is 261. The van der Waals surface area contributed by atoms with Gasteiger partial charge in [0, 0.05) is 12.1 Å². The zero-order valence-electron chi connectivity index (χ0n) is 13.6. The third-order valence-electron chi connectivity index (χ3n) is 5.46. The molecule has 2 heterocycles. The topological polar surface area (TPSA) is 32.5 Å². The monoisotopic (exact) mass is 281 g/mol. The fourth-order valence-electron chi connectivity index (χ4n) is 4.15. The first kappa shape index (κ1) is 16.3. The summed E-state index contributed by atoms with van der Waals surface area (Å²) in [5.41, 5.74) is 6.59. The maximum Gasteiger partial charge on any atom is 0.0344 e. The molecule has 0 bridgehead atoms. The average Bonchev–Trinajstić information content (AvgIpc) is 2.62. The Kier molecular flexibility index (Phi) is 6.79. The Morgan fingerprint density at radius 3 is 2.20 bits per heavy atom. The third kappa shape index (κ3) is 4.19. The molecule has 0 aliphatic carbocycles. The van der Waals surface area contributed by atoms with Crippen molar-refractivity contribution in [2.75, 3.05) is 39.3 Å². The summed E-state index contributed by atoms with van der Waals surface area (Å²) in [6.07, 6.45) is 12.2. The fraction of sp³-hybridized carbons (Fsp3) is 1.00. The predicted molar refractivity (Wildman–Crippen MR) is 87.0 cm³/mol. The smallest absolute Gasteiger partial charge is 0.0344 e. The average molecular weight is 281 g/mol. The van der Waals surface area contributed by atoms with E-state index >= 15 is 0 Å². The summed E-state index contributed by atoms with van der Waals surface area (Å²) in [5.74, 6) is 0. The molecule has 3 heteroatoms. The molecule has 2 aliphatic rings. The van der Waals surface area contributed by atoms with Crippen molar-refractivity contribution in [2.45, 2.75) is 70.3 Å².